The van der Waals surface area contributed by atoms with Crippen molar-refractivity contribution in [2.24, 2.45) is 0 Å². The summed E-state index contributed by atoms with van der Waals surface area (Å²) in [5.74, 6) is -10.5. The summed E-state index contributed by atoms with van der Waals surface area (Å²) in [6.07, 6.45) is 0. The number of rotatable bonds is 4. The zero-order valence-corrected chi connectivity index (χ0v) is 14.6. The molecule has 0 unspecified atom stereocenters. The molecule has 0 heterocycles. The van der Waals surface area contributed by atoms with Gasteiger partial charge in [-0.2, -0.15) is 0 Å². The molecule has 2 aromatic rings. The minimum atomic E-state index is -2.44. The Hall–Kier alpha value is -0.917. The second-order valence-corrected chi connectivity index (χ2v) is 5.05. The number of hydrogen-bond acceptors (Lipinski definition) is 2. The van der Waals surface area contributed by atoms with E-state index in [-0.39, 0.29) is 24.8 Å². The molecule has 2 rings (SSSR count). The van der Waals surface area contributed by atoms with Crippen molar-refractivity contribution in [2.75, 3.05) is 0 Å². The van der Waals surface area contributed by atoms with E-state index in [1.807, 2.05) is 0 Å². The first-order valence-corrected chi connectivity index (χ1v) is 7.28. The summed E-state index contributed by atoms with van der Waals surface area (Å²) in [7, 11) is 0. The molecule has 0 atom stereocenters. The largest absolute Gasteiger partial charge is 1.00 e. The molecule has 0 aromatic heterocycles. The summed E-state index contributed by atoms with van der Waals surface area (Å²) in [5.41, 5.74) is 0. The van der Waals surface area contributed by atoms with Crippen LogP contribution in [0.15, 0.2) is 24.3 Å². The van der Waals surface area contributed by atoms with Gasteiger partial charge in [-0.15, -0.1) is 0 Å². The van der Waals surface area contributed by atoms with Crippen LogP contribution in [0.1, 0.15) is 0 Å². The molecule has 2 aromatic carbocycles. The average molecular weight is 456 g/mol. The molecular formula is C12H4Cl2F6O2Zr. The zero-order chi connectivity index (χ0) is 15.6. The maximum Gasteiger partial charge on any atom is -1.00 e. The van der Waals surface area contributed by atoms with Gasteiger partial charge in [0.05, 0.1) is 0 Å². The van der Waals surface area contributed by atoms with Crippen molar-refractivity contribution in [1.29, 1.82) is 0 Å². The summed E-state index contributed by atoms with van der Waals surface area (Å²) >= 11 is -2.44. The van der Waals surface area contributed by atoms with Gasteiger partial charge >= 0.3 is 127 Å². The Balaban J connectivity index is 0.00000242. The molecule has 2 nitrogen and oxygen atoms in total. The van der Waals surface area contributed by atoms with E-state index in [4.69, 9.17) is 5.63 Å². The molecule has 0 N–H and O–H groups in total. The fourth-order valence-electron chi connectivity index (χ4n) is 1.28. The third kappa shape index (κ3) is 5.03. The van der Waals surface area contributed by atoms with Crippen LogP contribution < -0.4 is 30.4 Å². The fourth-order valence-corrected chi connectivity index (χ4v) is 2.60. The van der Waals surface area contributed by atoms with Gasteiger partial charge in [-0.05, 0) is 0 Å². The molecule has 0 amide bonds. The van der Waals surface area contributed by atoms with Gasteiger partial charge in [0.2, 0.25) is 0 Å². The third-order valence-corrected chi connectivity index (χ3v) is 3.79. The molecule has 0 fully saturated rings. The molecular weight excluding hydrogens is 452 g/mol. The first-order valence-electron chi connectivity index (χ1n) is 5.27. The van der Waals surface area contributed by atoms with E-state index in [1.54, 1.807) is 0 Å². The maximum absolute atomic E-state index is 13.2. The van der Waals surface area contributed by atoms with Crippen molar-refractivity contribution >= 4 is 0 Å². The Bertz CT molecular complexity index is 632. The quantitative estimate of drug-likeness (QED) is 0.388. The standard InChI is InChI=1S/2C6H3F3O.2ClH.Zr/c2*7-3-1-2-4(10)6(9)5(3)8;;;/h2*1-2,10H;2*1H;/q;;;;+4/p-4. The SMILES string of the molecule is Fc1ccc([O][Zr+2][O]c2ccc(F)c(F)c2F)c(F)c1F.[Cl-].[Cl-]. The number of hydrogen-bond donors (Lipinski definition) is 0. The molecule has 0 saturated heterocycles. The Morgan fingerprint density at radius 3 is 1.26 bits per heavy atom. The van der Waals surface area contributed by atoms with Crippen LogP contribution in [0.5, 0.6) is 11.5 Å². The number of halogens is 8. The van der Waals surface area contributed by atoms with Gasteiger partial charge in [-0.1, -0.05) is 0 Å². The molecule has 0 radical (unpaired) electrons. The van der Waals surface area contributed by atoms with Crippen LogP contribution in [0.25, 0.3) is 0 Å². The van der Waals surface area contributed by atoms with Crippen LogP contribution in [0.3, 0.4) is 0 Å². The van der Waals surface area contributed by atoms with Gasteiger partial charge in [-0.3, -0.25) is 0 Å². The first-order chi connectivity index (χ1) is 9.91. The van der Waals surface area contributed by atoms with Gasteiger partial charge in [0, 0.05) is 0 Å². The van der Waals surface area contributed by atoms with Gasteiger partial charge in [0.15, 0.2) is 0 Å². The van der Waals surface area contributed by atoms with Crippen LogP contribution >= 0.6 is 0 Å². The van der Waals surface area contributed by atoms with Crippen molar-refractivity contribution in [3.63, 3.8) is 0 Å². The van der Waals surface area contributed by atoms with E-state index >= 15 is 0 Å². The molecule has 124 valence electrons. The first kappa shape index (κ1) is 22.1. The molecule has 0 aliphatic rings. The van der Waals surface area contributed by atoms with Crippen LogP contribution in [0, 0.1) is 34.9 Å². The van der Waals surface area contributed by atoms with Crippen molar-refractivity contribution in [3.05, 3.63) is 59.2 Å². The van der Waals surface area contributed by atoms with Gasteiger partial charge < -0.3 is 24.8 Å². The summed E-state index contributed by atoms with van der Waals surface area (Å²) < 4.78 is 87.2. The fraction of sp³-hybridized carbons (Fsp3) is 0. The molecule has 0 aliphatic carbocycles. The maximum atomic E-state index is 13.2. The molecule has 0 saturated carbocycles. The van der Waals surface area contributed by atoms with E-state index in [0.717, 1.165) is 12.1 Å². The summed E-state index contributed by atoms with van der Waals surface area (Å²) in [4.78, 5) is 0. The van der Waals surface area contributed by atoms with Gasteiger partial charge in [0.25, 0.3) is 0 Å². The molecule has 0 bridgehead atoms. The van der Waals surface area contributed by atoms with E-state index < -0.39 is 70.5 Å². The normalized spacial score (nSPS) is 9.30. The monoisotopic (exact) mass is 454 g/mol. The average Bonchev–Trinajstić information content (AvgIpc) is 2.47. The molecule has 11 heteroatoms. The summed E-state index contributed by atoms with van der Waals surface area (Å²) in [6, 6.07) is 2.95. The summed E-state index contributed by atoms with van der Waals surface area (Å²) in [5, 5.41) is 0. The van der Waals surface area contributed by atoms with Gasteiger partial charge in [0.1, 0.15) is 0 Å². The Morgan fingerprint density at radius 1 is 0.565 bits per heavy atom. The Morgan fingerprint density at radius 2 is 0.913 bits per heavy atom. The smallest absolute Gasteiger partial charge is 1.00 e. The number of benzene rings is 2. The van der Waals surface area contributed by atoms with E-state index in [0.29, 0.717) is 12.1 Å². The van der Waals surface area contributed by atoms with E-state index in [2.05, 4.69) is 0 Å². The van der Waals surface area contributed by atoms with Gasteiger partial charge in [-0.25, -0.2) is 0 Å². The Labute approximate surface area is 151 Å². The van der Waals surface area contributed by atoms with Crippen LogP contribution in [-0.2, 0) is 24.1 Å². The molecule has 0 aliphatic heterocycles. The van der Waals surface area contributed by atoms with Crippen molar-refractivity contribution in [1.82, 2.24) is 0 Å². The third-order valence-electron chi connectivity index (χ3n) is 2.30. The predicted molar refractivity (Wildman–Crippen MR) is 53.9 cm³/mol. The second-order valence-electron chi connectivity index (χ2n) is 3.63. The molecule has 23 heavy (non-hydrogen) atoms. The minimum Gasteiger partial charge on any atom is -1.00 e. The van der Waals surface area contributed by atoms with E-state index in [1.165, 1.54) is 0 Å². The summed E-state index contributed by atoms with van der Waals surface area (Å²) in [6.45, 7) is 0. The van der Waals surface area contributed by atoms with Crippen molar-refractivity contribution in [2.45, 2.75) is 0 Å². The van der Waals surface area contributed by atoms with Crippen LogP contribution in [0.2, 0.25) is 0 Å². The van der Waals surface area contributed by atoms with E-state index in [9.17, 15) is 26.3 Å². The van der Waals surface area contributed by atoms with Crippen molar-refractivity contribution < 1.29 is 80.9 Å². The predicted octanol–water partition coefficient (Wildman–Crippen LogP) is -2.10. The Kier molecular flexibility index (Phi) is 9.02. The second kappa shape index (κ2) is 9.40. The van der Waals surface area contributed by atoms with Crippen LogP contribution in [-0.4, -0.2) is 0 Å². The zero-order valence-electron chi connectivity index (χ0n) is 10.6. The van der Waals surface area contributed by atoms with Crippen LogP contribution in [0.4, 0.5) is 26.3 Å². The van der Waals surface area contributed by atoms with Crippen molar-refractivity contribution in [3.8, 4) is 11.5 Å². The molecule has 0 spiro atoms. The minimum absolute atomic E-state index is 0. The topological polar surface area (TPSA) is 18.5 Å².